The first-order chi connectivity index (χ1) is 8.79. The second kappa shape index (κ2) is 8.92. The summed E-state index contributed by atoms with van der Waals surface area (Å²) >= 11 is 0. The van der Waals surface area contributed by atoms with E-state index in [9.17, 15) is 0 Å². The van der Waals surface area contributed by atoms with Gasteiger partial charge in [-0.2, -0.15) is 0 Å². The molecular weight excluding hydrogens is 222 g/mol. The molecule has 2 rings (SSSR count). The minimum atomic E-state index is 0.867. The summed E-state index contributed by atoms with van der Waals surface area (Å²) in [6.07, 6.45) is 5.54. The highest BCUT2D eigenvalue weighted by Gasteiger charge is 2.26. The average molecular weight is 255 g/mol. The zero-order valence-corrected chi connectivity index (χ0v) is 13.0. The fraction of sp³-hybridized carbons (Fsp3) is 1.00. The van der Waals surface area contributed by atoms with Gasteiger partial charge < -0.3 is 9.64 Å². The molecule has 2 nitrogen and oxygen atoms in total. The molecule has 2 aliphatic heterocycles. The minimum absolute atomic E-state index is 0.867. The van der Waals surface area contributed by atoms with Crippen LogP contribution in [0.4, 0.5) is 0 Å². The van der Waals surface area contributed by atoms with E-state index in [1.807, 2.05) is 13.8 Å². The van der Waals surface area contributed by atoms with E-state index < -0.39 is 0 Å². The molecule has 3 unspecified atom stereocenters. The molecule has 0 amide bonds. The summed E-state index contributed by atoms with van der Waals surface area (Å²) < 4.78 is 5.44. The molecule has 0 aliphatic carbocycles. The topological polar surface area (TPSA) is 12.5 Å². The smallest absolute Gasteiger partial charge is 0.0495 e. The van der Waals surface area contributed by atoms with E-state index in [-0.39, 0.29) is 0 Å². The van der Waals surface area contributed by atoms with Crippen molar-refractivity contribution in [3.8, 4) is 0 Å². The van der Waals surface area contributed by atoms with Crippen LogP contribution in [0.25, 0.3) is 0 Å². The number of likely N-dealkylation sites (tertiary alicyclic amines) is 1. The maximum atomic E-state index is 5.44. The van der Waals surface area contributed by atoms with Crippen molar-refractivity contribution < 1.29 is 4.74 Å². The van der Waals surface area contributed by atoms with E-state index >= 15 is 0 Å². The quantitative estimate of drug-likeness (QED) is 0.741. The highest BCUT2D eigenvalue weighted by molar-refractivity contribution is 4.79. The standard InChI is InChI=1S/C14H27NO.C2H6/c1-3-15-8-6-14(10-15)12(2)4-5-13-7-9-16-11-13;1-2/h12-14H,3-11H2,1-2H3;1-2H3. The van der Waals surface area contributed by atoms with Gasteiger partial charge in [0, 0.05) is 19.8 Å². The second-order valence-corrected chi connectivity index (χ2v) is 5.73. The fourth-order valence-corrected chi connectivity index (χ4v) is 3.16. The number of ether oxygens (including phenoxy) is 1. The molecule has 18 heavy (non-hydrogen) atoms. The van der Waals surface area contributed by atoms with Gasteiger partial charge in [0.2, 0.25) is 0 Å². The average Bonchev–Trinajstić information content (AvgIpc) is 3.09. The molecule has 0 radical (unpaired) electrons. The van der Waals surface area contributed by atoms with Crippen LogP contribution in [0.5, 0.6) is 0 Å². The lowest BCUT2D eigenvalue weighted by molar-refractivity contribution is 0.181. The van der Waals surface area contributed by atoms with Gasteiger partial charge in [0.1, 0.15) is 0 Å². The normalized spacial score (nSPS) is 30.0. The predicted octanol–water partition coefficient (Wildman–Crippen LogP) is 3.81. The summed E-state index contributed by atoms with van der Waals surface area (Å²) in [5, 5.41) is 0. The van der Waals surface area contributed by atoms with E-state index in [0.717, 1.165) is 31.0 Å². The first kappa shape index (κ1) is 16.0. The predicted molar refractivity (Wildman–Crippen MR) is 78.9 cm³/mol. The van der Waals surface area contributed by atoms with Crippen LogP contribution in [0.3, 0.4) is 0 Å². The van der Waals surface area contributed by atoms with Crippen LogP contribution in [-0.4, -0.2) is 37.7 Å². The molecule has 2 heterocycles. The Labute approximate surface area is 114 Å². The van der Waals surface area contributed by atoms with Gasteiger partial charge in [-0.3, -0.25) is 0 Å². The third-order valence-electron chi connectivity index (χ3n) is 4.62. The molecule has 0 saturated carbocycles. The Kier molecular flexibility index (Phi) is 7.92. The molecule has 0 aromatic carbocycles. The van der Waals surface area contributed by atoms with Gasteiger partial charge in [-0.05, 0) is 50.1 Å². The molecule has 2 saturated heterocycles. The molecule has 0 N–H and O–H groups in total. The summed E-state index contributed by atoms with van der Waals surface area (Å²) in [5.41, 5.74) is 0. The Morgan fingerprint density at radius 1 is 1.28 bits per heavy atom. The van der Waals surface area contributed by atoms with E-state index in [1.165, 1.54) is 45.3 Å². The van der Waals surface area contributed by atoms with E-state index in [0.29, 0.717) is 0 Å². The monoisotopic (exact) mass is 255 g/mol. The van der Waals surface area contributed by atoms with Gasteiger partial charge in [0.15, 0.2) is 0 Å². The van der Waals surface area contributed by atoms with Crippen molar-refractivity contribution in [3.05, 3.63) is 0 Å². The van der Waals surface area contributed by atoms with Gasteiger partial charge in [0.05, 0.1) is 0 Å². The van der Waals surface area contributed by atoms with Crippen molar-refractivity contribution in [1.29, 1.82) is 0 Å². The van der Waals surface area contributed by atoms with Crippen LogP contribution in [0, 0.1) is 17.8 Å². The molecule has 0 bridgehead atoms. The summed E-state index contributed by atoms with van der Waals surface area (Å²) in [5.74, 6) is 2.74. The van der Waals surface area contributed by atoms with E-state index in [4.69, 9.17) is 4.74 Å². The number of hydrogen-bond acceptors (Lipinski definition) is 2. The van der Waals surface area contributed by atoms with Crippen molar-refractivity contribution in [1.82, 2.24) is 4.90 Å². The number of hydrogen-bond donors (Lipinski definition) is 0. The zero-order valence-electron chi connectivity index (χ0n) is 13.0. The maximum absolute atomic E-state index is 5.44. The summed E-state index contributed by atoms with van der Waals surface area (Å²) in [7, 11) is 0. The molecule has 0 aromatic rings. The Morgan fingerprint density at radius 2 is 2.06 bits per heavy atom. The highest BCUT2D eigenvalue weighted by Crippen LogP contribution is 2.29. The Hall–Kier alpha value is -0.0800. The molecule has 0 aromatic heterocycles. The van der Waals surface area contributed by atoms with Gasteiger partial charge in [-0.25, -0.2) is 0 Å². The van der Waals surface area contributed by atoms with Crippen molar-refractivity contribution in [2.45, 2.75) is 53.4 Å². The van der Waals surface area contributed by atoms with Crippen LogP contribution in [0.15, 0.2) is 0 Å². The Bertz CT molecular complexity index is 201. The van der Waals surface area contributed by atoms with Crippen LogP contribution < -0.4 is 0 Å². The lowest BCUT2D eigenvalue weighted by Gasteiger charge is -2.21. The third-order valence-corrected chi connectivity index (χ3v) is 4.62. The van der Waals surface area contributed by atoms with Crippen molar-refractivity contribution >= 4 is 0 Å². The summed E-state index contributed by atoms with van der Waals surface area (Å²) in [4.78, 5) is 2.60. The molecule has 2 fully saturated rings. The SMILES string of the molecule is CC.CCN1CCC(C(C)CCC2CCOC2)C1. The summed E-state index contributed by atoms with van der Waals surface area (Å²) in [6, 6.07) is 0. The van der Waals surface area contributed by atoms with E-state index in [2.05, 4.69) is 18.7 Å². The molecule has 2 aliphatic rings. The van der Waals surface area contributed by atoms with Gasteiger partial charge in [0.25, 0.3) is 0 Å². The van der Waals surface area contributed by atoms with Crippen molar-refractivity contribution in [2.24, 2.45) is 17.8 Å². The molecule has 0 spiro atoms. The molecule has 108 valence electrons. The van der Waals surface area contributed by atoms with Crippen LogP contribution >= 0.6 is 0 Å². The van der Waals surface area contributed by atoms with Gasteiger partial charge in [-0.15, -0.1) is 0 Å². The highest BCUT2D eigenvalue weighted by atomic mass is 16.5. The van der Waals surface area contributed by atoms with Gasteiger partial charge in [-0.1, -0.05) is 34.1 Å². The Morgan fingerprint density at radius 3 is 2.61 bits per heavy atom. The molecule has 2 heteroatoms. The lowest BCUT2D eigenvalue weighted by atomic mass is 9.86. The fourth-order valence-electron chi connectivity index (χ4n) is 3.16. The van der Waals surface area contributed by atoms with Crippen molar-refractivity contribution in [3.63, 3.8) is 0 Å². The lowest BCUT2D eigenvalue weighted by Crippen LogP contribution is -2.22. The van der Waals surface area contributed by atoms with Crippen LogP contribution in [0.2, 0.25) is 0 Å². The van der Waals surface area contributed by atoms with Crippen LogP contribution in [-0.2, 0) is 4.74 Å². The van der Waals surface area contributed by atoms with E-state index in [1.54, 1.807) is 0 Å². The largest absolute Gasteiger partial charge is 0.381 e. The third kappa shape index (κ3) is 4.89. The number of nitrogens with zero attached hydrogens (tertiary/aromatic N) is 1. The molecular formula is C16H33NO. The van der Waals surface area contributed by atoms with Crippen LogP contribution in [0.1, 0.15) is 53.4 Å². The van der Waals surface area contributed by atoms with Gasteiger partial charge >= 0.3 is 0 Å². The maximum Gasteiger partial charge on any atom is 0.0495 e. The first-order valence-corrected chi connectivity index (χ1v) is 8.09. The van der Waals surface area contributed by atoms with Crippen molar-refractivity contribution in [2.75, 3.05) is 32.8 Å². The first-order valence-electron chi connectivity index (χ1n) is 8.09. The summed E-state index contributed by atoms with van der Waals surface area (Å²) in [6.45, 7) is 14.7. The minimum Gasteiger partial charge on any atom is -0.381 e. The second-order valence-electron chi connectivity index (χ2n) is 5.73. The Balaban J connectivity index is 0.000000771. The zero-order chi connectivity index (χ0) is 13.4. The molecule has 3 atom stereocenters. The number of rotatable bonds is 5.